The Labute approximate surface area is 127 Å². The third-order valence-corrected chi connectivity index (χ3v) is 3.63. The van der Waals surface area contributed by atoms with Gasteiger partial charge in [-0.25, -0.2) is 0 Å². The molecule has 0 atom stereocenters. The predicted octanol–water partition coefficient (Wildman–Crippen LogP) is 3.43. The van der Waals surface area contributed by atoms with Gasteiger partial charge in [-0.2, -0.15) is 0 Å². The van der Waals surface area contributed by atoms with Crippen LogP contribution in [0.3, 0.4) is 0 Å². The molecule has 2 aromatic heterocycles. The highest BCUT2D eigenvalue weighted by Crippen LogP contribution is 2.22. The zero-order valence-electron chi connectivity index (χ0n) is 13.4. The SMILES string of the molecule is CCCNCc1cnc(C)cc1N(C)Cc1ccoc1C. The molecular formula is C17H25N3O. The molecule has 2 rings (SSSR count). The minimum Gasteiger partial charge on any atom is -0.469 e. The first-order valence-electron chi connectivity index (χ1n) is 7.52. The van der Waals surface area contributed by atoms with Crippen LogP contribution in [-0.4, -0.2) is 18.6 Å². The number of furan rings is 1. The number of anilines is 1. The molecule has 1 N–H and O–H groups in total. The van der Waals surface area contributed by atoms with Crippen LogP contribution in [0.25, 0.3) is 0 Å². The Morgan fingerprint density at radius 2 is 2.10 bits per heavy atom. The standard InChI is InChI=1S/C17H25N3O/c1-5-7-18-10-16-11-19-13(2)9-17(16)20(4)12-15-6-8-21-14(15)3/h6,8-9,11,18H,5,7,10,12H2,1-4H3. The van der Waals surface area contributed by atoms with E-state index in [-0.39, 0.29) is 0 Å². The van der Waals surface area contributed by atoms with Gasteiger partial charge in [0.15, 0.2) is 0 Å². The van der Waals surface area contributed by atoms with Crippen LogP contribution >= 0.6 is 0 Å². The molecule has 0 aromatic carbocycles. The van der Waals surface area contributed by atoms with Gasteiger partial charge in [0, 0.05) is 48.8 Å². The van der Waals surface area contributed by atoms with Gasteiger partial charge in [-0.15, -0.1) is 0 Å². The van der Waals surface area contributed by atoms with Crippen molar-refractivity contribution in [3.05, 3.63) is 47.2 Å². The number of hydrogen-bond donors (Lipinski definition) is 1. The van der Waals surface area contributed by atoms with Crippen LogP contribution in [0.4, 0.5) is 5.69 Å². The lowest BCUT2D eigenvalue weighted by atomic mass is 10.1. The quantitative estimate of drug-likeness (QED) is 0.792. The number of rotatable bonds is 7. The Morgan fingerprint density at radius 1 is 1.29 bits per heavy atom. The highest BCUT2D eigenvalue weighted by atomic mass is 16.3. The fourth-order valence-corrected chi connectivity index (χ4v) is 2.38. The molecule has 21 heavy (non-hydrogen) atoms. The summed E-state index contributed by atoms with van der Waals surface area (Å²) < 4.78 is 5.38. The van der Waals surface area contributed by atoms with Crippen LogP contribution in [0.15, 0.2) is 29.0 Å². The summed E-state index contributed by atoms with van der Waals surface area (Å²) in [5.74, 6) is 0.985. The first-order chi connectivity index (χ1) is 10.1. The van der Waals surface area contributed by atoms with Crippen LogP contribution in [0, 0.1) is 13.8 Å². The number of nitrogens with zero attached hydrogens (tertiary/aromatic N) is 2. The number of hydrogen-bond acceptors (Lipinski definition) is 4. The van der Waals surface area contributed by atoms with Crippen molar-refractivity contribution in [3.63, 3.8) is 0 Å². The molecule has 0 unspecified atom stereocenters. The Kier molecular flexibility index (Phi) is 5.39. The van der Waals surface area contributed by atoms with E-state index in [0.717, 1.165) is 37.5 Å². The molecule has 0 bridgehead atoms. The van der Waals surface area contributed by atoms with E-state index in [4.69, 9.17) is 4.42 Å². The lowest BCUT2D eigenvalue weighted by Gasteiger charge is -2.23. The first kappa shape index (κ1) is 15.6. The van der Waals surface area contributed by atoms with Gasteiger partial charge < -0.3 is 14.6 Å². The summed E-state index contributed by atoms with van der Waals surface area (Å²) in [6.45, 7) is 8.93. The third kappa shape index (κ3) is 4.08. The van der Waals surface area contributed by atoms with Crippen LogP contribution < -0.4 is 10.2 Å². The maximum atomic E-state index is 5.38. The van der Waals surface area contributed by atoms with Crippen molar-refractivity contribution in [3.8, 4) is 0 Å². The van der Waals surface area contributed by atoms with E-state index in [9.17, 15) is 0 Å². The number of nitrogens with one attached hydrogen (secondary N) is 1. The molecule has 0 amide bonds. The van der Waals surface area contributed by atoms with Gasteiger partial charge in [0.25, 0.3) is 0 Å². The first-order valence-corrected chi connectivity index (χ1v) is 7.52. The smallest absolute Gasteiger partial charge is 0.105 e. The van der Waals surface area contributed by atoms with Crippen molar-refractivity contribution in [2.45, 2.75) is 40.3 Å². The predicted molar refractivity (Wildman–Crippen MR) is 86.5 cm³/mol. The van der Waals surface area contributed by atoms with E-state index in [1.165, 1.54) is 16.8 Å². The van der Waals surface area contributed by atoms with Crippen molar-refractivity contribution in [2.75, 3.05) is 18.5 Å². The minimum atomic E-state index is 0.840. The summed E-state index contributed by atoms with van der Waals surface area (Å²) in [6.07, 6.45) is 4.87. The molecule has 4 heteroatoms. The van der Waals surface area contributed by atoms with Crippen molar-refractivity contribution in [1.29, 1.82) is 0 Å². The van der Waals surface area contributed by atoms with E-state index in [1.807, 2.05) is 26.1 Å². The Balaban J connectivity index is 2.16. The maximum Gasteiger partial charge on any atom is 0.105 e. The summed E-state index contributed by atoms with van der Waals surface area (Å²) in [5, 5.41) is 3.45. The Bertz CT molecular complexity index is 577. The van der Waals surface area contributed by atoms with Crippen molar-refractivity contribution in [2.24, 2.45) is 0 Å². The number of aromatic nitrogens is 1. The highest BCUT2D eigenvalue weighted by molar-refractivity contribution is 5.53. The fourth-order valence-electron chi connectivity index (χ4n) is 2.38. The molecule has 0 saturated carbocycles. The zero-order chi connectivity index (χ0) is 15.2. The fraction of sp³-hybridized carbons (Fsp3) is 0.471. The normalized spacial score (nSPS) is 10.9. The van der Waals surface area contributed by atoms with Crippen LogP contribution in [0.1, 0.15) is 35.9 Å². The lowest BCUT2D eigenvalue weighted by Crippen LogP contribution is -2.21. The van der Waals surface area contributed by atoms with Crippen molar-refractivity contribution < 1.29 is 4.42 Å². The molecule has 2 heterocycles. The van der Waals surface area contributed by atoms with Gasteiger partial charge in [-0.05, 0) is 38.9 Å². The average molecular weight is 287 g/mol. The highest BCUT2D eigenvalue weighted by Gasteiger charge is 2.11. The summed E-state index contributed by atoms with van der Waals surface area (Å²) in [6, 6.07) is 4.19. The van der Waals surface area contributed by atoms with Crippen LogP contribution in [-0.2, 0) is 13.1 Å². The lowest BCUT2D eigenvalue weighted by molar-refractivity contribution is 0.529. The number of pyridine rings is 1. The molecule has 0 aliphatic carbocycles. The molecule has 114 valence electrons. The van der Waals surface area contributed by atoms with E-state index >= 15 is 0 Å². The van der Waals surface area contributed by atoms with E-state index in [0.29, 0.717) is 0 Å². The summed E-state index contributed by atoms with van der Waals surface area (Å²) in [4.78, 5) is 6.69. The van der Waals surface area contributed by atoms with E-state index in [2.05, 4.69) is 35.2 Å². The third-order valence-electron chi connectivity index (χ3n) is 3.63. The molecular weight excluding hydrogens is 262 g/mol. The second kappa shape index (κ2) is 7.27. The largest absolute Gasteiger partial charge is 0.469 e. The van der Waals surface area contributed by atoms with Gasteiger partial charge in [-0.3, -0.25) is 4.98 Å². The molecule has 2 aromatic rings. The molecule has 0 aliphatic heterocycles. The Morgan fingerprint density at radius 3 is 2.76 bits per heavy atom. The van der Waals surface area contributed by atoms with Crippen LogP contribution in [0.5, 0.6) is 0 Å². The van der Waals surface area contributed by atoms with Gasteiger partial charge in [-0.1, -0.05) is 6.92 Å². The second-order valence-corrected chi connectivity index (χ2v) is 5.49. The van der Waals surface area contributed by atoms with E-state index < -0.39 is 0 Å². The topological polar surface area (TPSA) is 41.3 Å². The molecule has 0 spiro atoms. The van der Waals surface area contributed by atoms with E-state index in [1.54, 1.807) is 6.26 Å². The molecule has 0 saturated heterocycles. The number of aryl methyl sites for hydroxylation is 2. The summed E-state index contributed by atoms with van der Waals surface area (Å²) in [5.41, 5.74) is 4.73. The molecule has 0 aliphatic rings. The summed E-state index contributed by atoms with van der Waals surface area (Å²) >= 11 is 0. The van der Waals surface area contributed by atoms with Gasteiger partial charge in [0.05, 0.1) is 6.26 Å². The monoisotopic (exact) mass is 287 g/mol. The maximum absolute atomic E-state index is 5.38. The molecule has 0 fully saturated rings. The van der Waals surface area contributed by atoms with Gasteiger partial charge in [0.1, 0.15) is 5.76 Å². The average Bonchev–Trinajstić information content (AvgIpc) is 2.86. The van der Waals surface area contributed by atoms with Crippen LogP contribution in [0.2, 0.25) is 0 Å². The zero-order valence-corrected chi connectivity index (χ0v) is 13.4. The van der Waals surface area contributed by atoms with Gasteiger partial charge >= 0.3 is 0 Å². The minimum absolute atomic E-state index is 0.840. The molecule has 0 radical (unpaired) electrons. The van der Waals surface area contributed by atoms with Crippen molar-refractivity contribution in [1.82, 2.24) is 10.3 Å². The Hall–Kier alpha value is -1.81. The summed E-state index contributed by atoms with van der Waals surface area (Å²) in [7, 11) is 2.12. The van der Waals surface area contributed by atoms with Crippen molar-refractivity contribution >= 4 is 5.69 Å². The van der Waals surface area contributed by atoms with Gasteiger partial charge in [0.2, 0.25) is 0 Å². The second-order valence-electron chi connectivity index (χ2n) is 5.49. The molecule has 4 nitrogen and oxygen atoms in total.